The van der Waals surface area contributed by atoms with Gasteiger partial charge in [0, 0.05) is 24.4 Å². The molecule has 0 saturated carbocycles. The molecule has 0 unspecified atom stereocenters. The van der Waals surface area contributed by atoms with Crippen molar-refractivity contribution in [3.63, 3.8) is 0 Å². The van der Waals surface area contributed by atoms with Crippen molar-refractivity contribution in [3.05, 3.63) is 18.1 Å². The Bertz CT molecular complexity index is 254. The second-order valence-corrected chi connectivity index (χ2v) is 1.89. The highest BCUT2D eigenvalue weighted by Gasteiger charge is 2.04. The predicted molar refractivity (Wildman–Crippen MR) is 33.9 cm³/mol. The first-order valence-corrected chi connectivity index (χ1v) is 2.78. The molecule has 0 atom stereocenters. The van der Waals surface area contributed by atoms with Gasteiger partial charge in [-0.1, -0.05) is 0 Å². The van der Waals surface area contributed by atoms with Gasteiger partial charge in [-0.3, -0.25) is 0 Å². The monoisotopic (exact) mass is 119 g/mol. The second-order valence-electron chi connectivity index (χ2n) is 1.89. The van der Waals surface area contributed by atoms with Crippen LogP contribution < -0.4 is 0 Å². The van der Waals surface area contributed by atoms with E-state index in [2.05, 4.69) is 15.0 Å². The quantitative estimate of drug-likeness (QED) is 0.505. The number of nitrogens with zero attached hydrogens (tertiary/aromatic N) is 3. The van der Waals surface area contributed by atoms with E-state index in [1.807, 2.05) is 6.21 Å². The first kappa shape index (κ1) is 4.61. The third-order valence-electron chi connectivity index (χ3n) is 1.29. The van der Waals surface area contributed by atoms with E-state index in [-0.39, 0.29) is 0 Å². The van der Waals surface area contributed by atoms with Gasteiger partial charge in [0.05, 0.1) is 0 Å². The van der Waals surface area contributed by atoms with E-state index in [1.165, 1.54) is 6.33 Å². The maximum absolute atomic E-state index is 4.02. The minimum absolute atomic E-state index is 0.824. The van der Waals surface area contributed by atoms with Crippen molar-refractivity contribution < 1.29 is 0 Å². The summed E-state index contributed by atoms with van der Waals surface area (Å²) < 4.78 is 0. The van der Waals surface area contributed by atoms with Crippen LogP contribution in [0.4, 0.5) is 5.82 Å². The summed E-state index contributed by atoms with van der Waals surface area (Å²) in [6.07, 6.45) is 6.05. The molecule has 2 rings (SSSR count). The summed E-state index contributed by atoms with van der Waals surface area (Å²) in [7, 11) is 0. The van der Waals surface area contributed by atoms with Gasteiger partial charge in [-0.05, 0) is 0 Å². The zero-order valence-electron chi connectivity index (χ0n) is 4.78. The maximum atomic E-state index is 4.02. The summed E-state index contributed by atoms with van der Waals surface area (Å²) in [5.74, 6) is 0.824. The van der Waals surface area contributed by atoms with Crippen molar-refractivity contribution in [2.75, 3.05) is 0 Å². The number of hydrogen-bond donors (Lipinski definition) is 0. The van der Waals surface area contributed by atoms with E-state index in [0.29, 0.717) is 0 Å². The molecule has 9 heavy (non-hydrogen) atoms. The van der Waals surface area contributed by atoms with Gasteiger partial charge in [0.2, 0.25) is 0 Å². The Hall–Kier alpha value is -1.25. The molecule has 0 N–H and O–H groups in total. The van der Waals surface area contributed by atoms with E-state index < -0.39 is 0 Å². The lowest BCUT2D eigenvalue weighted by Crippen LogP contribution is -1.82. The molecule has 0 amide bonds. The smallest absolute Gasteiger partial charge is 0.158 e. The molecule has 3 nitrogen and oxygen atoms in total. The molecule has 0 saturated heterocycles. The zero-order valence-corrected chi connectivity index (χ0v) is 4.78. The first-order chi connectivity index (χ1) is 4.47. The Balaban J connectivity index is 2.63. The largest absolute Gasteiger partial charge is 0.244 e. The topological polar surface area (TPSA) is 38.1 Å². The van der Waals surface area contributed by atoms with Crippen LogP contribution in [0.1, 0.15) is 5.56 Å². The van der Waals surface area contributed by atoms with Crippen LogP contribution in [0.5, 0.6) is 0 Å². The Morgan fingerprint density at radius 2 is 2.44 bits per heavy atom. The molecule has 1 aliphatic rings. The van der Waals surface area contributed by atoms with E-state index in [4.69, 9.17) is 0 Å². The van der Waals surface area contributed by atoms with Crippen molar-refractivity contribution in [2.45, 2.75) is 6.42 Å². The highest BCUT2D eigenvalue weighted by atomic mass is 15.0. The van der Waals surface area contributed by atoms with Crippen LogP contribution in [0, 0.1) is 0 Å². The lowest BCUT2D eigenvalue weighted by molar-refractivity contribution is 1.12. The fraction of sp³-hybridized carbons (Fsp3) is 0.167. The maximum Gasteiger partial charge on any atom is 0.158 e. The van der Waals surface area contributed by atoms with Crippen LogP contribution in [0.25, 0.3) is 0 Å². The highest BCUT2D eigenvalue weighted by Crippen LogP contribution is 2.17. The van der Waals surface area contributed by atoms with Gasteiger partial charge < -0.3 is 0 Å². The van der Waals surface area contributed by atoms with Crippen LogP contribution in [-0.4, -0.2) is 16.2 Å². The van der Waals surface area contributed by atoms with E-state index >= 15 is 0 Å². The van der Waals surface area contributed by atoms with E-state index in [1.54, 1.807) is 6.20 Å². The van der Waals surface area contributed by atoms with E-state index in [9.17, 15) is 0 Å². The Morgan fingerprint density at radius 3 is 3.33 bits per heavy atom. The van der Waals surface area contributed by atoms with Crippen LogP contribution >= 0.6 is 0 Å². The van der Waals surface area contributed by atoms with Gasteiger partial charge in [0.25, 0.3) is 0 Å². The molecule has 44 valence electrons. The number of aromatic nitrogens is 2. The predicted octanol–water partition coefficient (Wildman–Crippen LogP) is 0.735. The summed E-state index contributed by atoms with van der Waals surface area (Å²) in [5.41, 5.74) is 1.12. The molecule has 1 aliphatic heterocycles. The lowest BCUT2D eigenvalue weighted by Gasteiger charge is -1.89. The molecule has 0 spiro atoms. The molecule has 0 bridgehead atoms. The van der Waals surface area contributed by atoms with Crippen LogP contribution in [0.3, 0.4) is 0 Å². The number of hydrogen-bond acceptors (Lipinski definition) is 3. The minimum Gasteiger partial charge on any atom is -0.244 e. The zero-order chi connectivity index (χ0) is 6.10. The average molecular weight is 119 g/mol. The molecule has 3 heteroatoms. The molecule has 0 aliphatic carbocycles. The summed E-state index contributed by atoms with van der Waals surface area (Å²) in [4.78, 5) is 11.8. The first-order valence-electron chi connectivity index (χ1n) is 2.78. The normalized spacial score (nSPS) is 13.8. The van der Waals surface area contributed by atoms with Crippen molar-refractivity contribution in [1.82, 2.24) is 9.97 Å². The van der Waals surface area contributed by atoms with Gasteiger partial charge in [-0.25, -0.2) is 15.0 Å². The molecular formula is C6H5N3. The Morgan fingerprint density at radius 1 is 1.44 bits per heavy atom. The van der Waals surface area contributed by atoms with Crippen molar-refractivity contribution in [3.8, 4) is 0 Å². The van der Waals surface area contributed by atoms with Gasteiger partial charge in [-0.2, -0.15) is 0 Å². The standard InChI is InChI=1S/C6H5N3/c1-2-8-6-5(1)3-7-4-9-6/h2-4H,1H2. The van der Waals surface area contributed by atoms with Crippen molar-refractivity contribution in [2.24, 2.45) is 4.99 Å². The summed E-state index contributed by atoms with van der Waals surface area (Å²) in [5, 5.41) is 0. The second kappa shape index (κ2) is 1.62. The fourth-order valence-corrected chi connectivity index (χ4v) is 0.843. The summed E-state index contributed by atoms with van der Waals surface area (Å²) >= 11 is 0. The van der Waals surface area contributed by atoms with E-state index in [0.717, 1.165) is 17.8 Å². The molecule has 0 aromatic carbocycles. The number of aliphatic imine (C=N–C) groups is 1. The van der Waals surface area contributed by atoms with Crippen LogP contribution in [0.2, 0.25) is 0 Å². The Labute approximate surface area is 52.5 Å². The third-order valence-corrected chi connectivity index (χ3v) is 1.29. The minimum atomic E-state index is 0.824. The molecular weight excluding hydrogens is 114 g/mol. The number of fused-ring (bicyclic) bond motifs is 1. The van der Waals surface area contributed by atoms with Gasteiger partial charge in [-0.15, -0.1) is 0 Å². The molecule has 2 heterocycles. The van der Waals surface area contributed by atoms with Gasteiger partial charge >= 0.3 is 0 Å². The van der Waals surface area contributed by atoms with Gasteiger partial charge in [0.15, 0.2) is 5.82 Å². The van der Waals surface area contributed by atoms with Crippen LogP contribution in [0.15, 0.2) is 17.5 Å². The van der Waals surface area contributed by atoms with Gasteiger partial charge in [0.1, 0.15) is 6.33 Å². The Kier molecular flexibility index (Phi) is 0.828. The molecule has 1 aromatic rings. The molecule has 1 aromatic heterocycles. The third kappa shape index (κ3) is 0.614. The average Bonchev–Trinajstić information content (AvgIpc) is 2.33. The van der Waals surface area contributed by atoms with Crippen molar-refractivity contribution >= 4 is 12.0 Å². The summed E-state index contributed by atoms with van der Waals surface area (Å²) in [6, 6.07) is 0. The highest BCUT2D eigenvalue weighted by molar-refractivity contribution is 5.73. The summed E-state index contributed by atoms with van der Waals surface area (Å²) in [6.45, 7) is 0. The molecule has 0 fully saturated rings. The fourth-order valence-electron chi connectivity index (χ4n) is 0.843. The molecule has 0 radical (unpaired) electrons. The van der Waals surface area contributed by atoms with Crippen molar-refractivity contribution in [1.29, 1.82) is 0 Å². The SMILES string of the molecule is C1=Nc2ncncc2C1. The number of rotatable bonds is 0. The van der Waals surface area contributed by atoms with Crippen LogP contribution in [-0.2, 0) is 6.42 Å². The lowest BCUT2D eigenvalue weighted by atomic mass is 10.3.